The molecule has 0 unspecified atom stereocenters. The number of amides is 2. The van der Waals surface area contributed by atoms with E-state index in [9.17, 15) is 14.7 Å². The molecule has 2 heterocycles. The summed E-state index contributed by atoms with van der Waals surface area (Å²) in [4.78, 5) is 29.8. The summed E-state index contributed by atoms with van der Waals surface area (Å²) in [5.74, 6) is -0.677. The number of carbonyl (C=O) groups excluding carboxylic acids is 2. The fraction of sp³-hybridized carbons (Fsp3) is 0.257. The Morgan fingerprint density at radius 2 is 1.50 bits per heavy atom. The van der Waals surface area contributed by atoms with Crippen LogP contribution in [0.2, 0.25) is 0 Å². The largest absolute Gasteiger partial charge is 0.392 e. The van der Waals surface area contributed by atoms with Gasteiger partial charge in [0.1, 0.15) is 0 Å². The van der Waals surface area contributed by atoms with Gasteiger partial charge in [-0.05, 0) is 54.9 Å². The number of nitrogens with zero attached hydrogens (tertiary/aromatic N) is 2. The number of fused-ring (bicyclic) bond motifs is 1. The number of benzene rings is 4. The van der Waals surface area contributed by atoms with Crippen LogP contribution in [0.25, 0.3) is 0 Å². The smallest absolute Gasteiger partial charge is 0.266 e. The first-order chi connectivity index (χ1) is 20.4. The molecule has 0 bridgehead atoms. The van der Waals surface area contributed by atoms with E-state index in [0.29, 0.717) is 29.8 Å². The van der Waals surface area contributed by atoms with Gasteiger partial charge in [-0.2, -0.15) is 0 Å². The second-order valence-corrected chi connectivity index (χ2v) is 11.0. The SMILES string of the molecule is C[C@@H](c1ccccc1)N(C)C[C@@H]1C[C@H](c2ccc(CO)cc2)O[C@H](c2cccc(N3C(=O)c4ccccc4C3=O)c2)O1. The number of aliphatic hydroxyl groups excluding tert-OH is 1. The summed E-state index contributed by atoms with van der Waals surface area (Å²) >= 11 is 0. The molecule has 7 heteroatoms. The van der Waals surface area contributed by atoms with E-state index in [1.54, 1.807) is 36.4 Å². The van der Waals surface area contributed by atoms with E-state index >= 15 is 0 Å². The van der Waals surface area contributed by atoms with E-state index in [-0.39, 0.29) is 36.7 Å². The summed E-state index contributed by atoms with van der Waals surface area (Å²) in [5.41, 5.74) is 5.08. The third-order valence-corrected chi connectivity index (χ3v) is 8.24. The molecule has 4 aromatic rings. The molecule has 0 aliphatic carbocycles. The van der Waals surface area contributed by atoms with E-state index < -0.39 is 6.29 Å². The molecule has 4 atom stereocenters. The van der Waals surface area contributed by atoms with Crippen molar-refractivity contribution in [2.75, 3.05) is 18.5 Å². The molecule has 4 aromatic carbocycles. The maximum atomic E-state index is 13.2. The molecule has 1 fully saturated rings. The molecular formula is C35H34N2O5. The molecule has 7 nitrogen and oxygen atoms in total. The van der Waals surface area contributed by atoms with Crippen molar-refractivity contribution in [3.05, 3.63) is 137 Å². The van der Waals surface area contributed by atoms with Gasteiger partial charge in [-0.3, -0.25) is 14.5 Å². The van der Waals surface area contributed by atoms with E-state index in [2.05, 4.69) is 31.0 Å². The zero-order valence-corrected chi connectivity index (χ0v) is 23.7. The maximum Gasteiger partial charge on any atom is 0.266 e. The number of imide groups is 1. The number of rotatable bonds is 8. The van der Waals surface area contributed by atoms with Crippen molar-refractivity contribution in [3.8, 4) is 0 Å². The van der Waals surface area contributed by atoms with Crippen molar-refractivity contribution in [1.82, 2.24) is 4.90 Å². The first-order valence-corrected chi connectivity index (χ1v) is 14.3. The number of anilines is 1. The molecule has 2 aliphatic rings. The Labute approximate surface area is 245 Å². The minimum atomic E-state index is -0.707. The molecule has 1 N–H and O–H groups in total. The van der Waals surface area contributed by atoms with Gasteiger partial charge in [0.2, 0.25) is 0 Å². The van der Waals surface area contributed by atoms with E-state index in [0.717, 1.165) is 16.7 Å². The van der Waals surface area contributed by atoms with Crippen LogP contribution in [0.4, 0.5) is 5.69 Å². The zero-order valence-electron chi connectivity index (χ0n) is 23.7. The Balaban J connectivity index is 1.27. The van der Waals surface area contributed by atoms with Crippen LogP contribution in [0, 0.1) is 0 Å². The lowest BCUT2D eigenvalue weighted by molar-refractivity contribution is -0.253. The highest BCUT2D eigenvalue weighted by Gasteiger charge is 2.38. The second kappa shape index (κ2) is 12.0. The highest BCUT2D eigenvalue weighted by Crippen LogP contribution is 2.40. The second-order valence-electron chi connectivity index (χ2n) is 11.0. The fourth-order valence-electron chi connectivity index (χ4n) is 5.73. The summed E-state index contributed by atoms with van der Waals surface area (Å²) in [6, 6.07) is 32.5. The van der Waals surface area contributed by atoms with Gasteiger partial charge in [0, 0.05) is 24.6 Å². The normalized spacial score (nSPS) is 21.0. The number of likely N-dealkylation sites (N-methyl/N-ethyl adjacent to an activating group) is 1. The van der Waals surface area contributed by atoms with Crippen LogP contribution in [0.3, 0.4) is 0 Å². The molecule has 0 saturated carbocycles. The highest BCUT2D eigenvalue weighted by molar-refractivity contribution is 6.34. The van der Waals surface area contributed by atoms with E-state index in [1.807, 2.05) is 54.6 Å². The van der Waals surface area contributed by atoms with Gasteiger partial charge in [-0.1, -0.05) is 78.9 Å². The summed E-state index contributed by atoms with van der Waals surface area (Å²) < 4.78 is 13.1. The minimum absolute atomic E-state index is 0.0209. The lowest BCUT2D eigenvalue weighted by Crippen LogP contribution is -2.38. The predicted molar refractivity (Wildman–Crippen MR) is 160 cm³/mol. The average Bonchev–Trinajstić information content (AvgIpc) is 3.30. The molecule has 42 heavy (non-hydrogen) atoms. The fourth-order valence-corrected chi connectivity index (χ4v) is 5.73. The van der Waals surface area contributed by atoms with Crippen LogP contribution < -0.4 is 4.90 Å². The van der Waals surface area contributed by atoms with Crippen LogP contribution in [-0.2, 0) is 16.1 Å². The topological polar surface area (TPSA) is 79.3 Å². The van der Waals surface area contributed by atoms with Crippen LogP contribution in [-0.4, -0.2) is 41.5 Å². The van der Waals surface area contributed by atoms with Gasteiger partial charge in [0.15, 0.2) is 6.29 Å². The molecular weight excluding hydrogens is 528 g/mol. The van der Waals surface area contributed by atoms with E-state index in [1.165, 1.54) is 10.5 Å². The monoisotopic (exact) mass is 562 g/mol. The van der Waals surface area contributed by atoms with Gasteiger partial charge in [0.25, 0.3) is 11.8 Å². The van der Waals surface area contributed by atoms with Gasteiger partial charge in [-0.15, -0.1) is 0 Å². The third kappa shape index (κ3) is 5.52. The first kappa shape index (κ1) is 28.0. The van der Waals surface area contributed by atoms with Gasteiger partial charge >= 0.3 is 0 Å². The van der Waals surface area contributed by atoms with Gasteiger partial charge in [-0.25, -0.2) is 4.90 Å². The van der Waals surface area contributed by atoms with E-state index in [4.69, 9.17) is 9.47 Å². The Kier molecular flexibility index (Phi) is 8.00. The molecule has 0 radical (unpaired) electrons. The highest BCUT2D eigenvalue weighted by atomic mass is 16.7. The summed E-state index contributed by atoms with van der Waals surface area (Å²) in [6.45, 7) is 2.84. The van der Waals surface area contributed by atoms with Gasteiger partial charge < -0.3 is 14.6 Å². The Bertz CT molecular complexity index is 1540. The van der Waals surface area contributed by atoms with Crippen molar-refractivity contribution in [3.63, 3.8) is 0 Å². The molecule has 2 amide bonds. The maximum absolute atomic E-state index is 13.2. The standard InChI is InChI=1S/C35H34N2O5/c1-23(25-9-4-3-5-10-25)36(2)21-29-20-32(26-17-15-24(22-38)16-18-26)42-35(41-29)27-11-8-12-28(19-27)37-33(39)30-13-6-7-14-31(30)34(37)40/h3-19,23,29,32,35,38H,20-22H2,1-2H3/t23-,29-,32+,35+/m0/s1. The van der Waals surface area contributed by atoms with Crippen LogP contribution in [0.15, 0.2) is 103 Å². The van der Waals surface area contributed by atoms with Crippen molar-refractivity contribution in [2.24, 2.45) is 0 Å². The zero-order chi connectivity index (χ0) is 29.2. The summed E-state index contributed by atoms with van der Waals surface area (Å²) in [6.07, 6.45) is -0.448. The molecule has 0 spiro atoms. The van der Waals surface area contributed by atoms with Crippen LogP contribution in [0.1, 0.15) is 74.8 Å². The van der Waals surface area contributed by atoms with Crippen LogP contribution >= 0.6 is 0 Å². The van der Waals surface area contributed by atoms with Crippen LogP contribution in [0.5, 0.6) is 0 Å². The number of hydrogen-bond acceptors (Lipinski definition) is 6. The minimum Gasteiger partial charge on any atom is -0.392 e. The number of aliphatic hydroxyl groups is 1. The van der Waals surface area contributed by atoms with Crippen molar-refractivity contribution >= 4 is 17.5 Å². The lowest BCUT2D eigenvalue weighted by Gasteiger charge is -2.39. The number of hydrogen-bond donors (Lipinski definition) is 1. The lowest BCUT2D eigenvalue weighted by atomic mass is 9.99. The quantitative estimate of drug-likeness (QED) is 0.257. The molecule has 214 valence electrons. The third-order valence-electron chi connectivity index (χ3n) is 8.24. The Morgan fingerprint density at radius 1 is 0.833 bits per heavy atom. The predicted octanol–water partition coefficient (Wildman–Crippen LogP) is 6.22. The van der Waals surface area contributed by atoms with Crippen molar-refractivity contribution in [2.45, 2.75) is 44.5 Å². The van der Waals surface area contributed by atoms with Crippen molar-refractivity contribution < 1.29 is 24.2 Å². The summed E-state index contributed by atoms with van der Waals surface area (Å²) in [7, 11) is 2.10. The number of carbonyl (C=O) groups is 2. The number of ether oxygens (including phenoxy) is 2. The molecule has 6 rings (SSSR count). The molecule has 1 saturated heterocycles. The average molecular weight is 563 g/mol. The molecule has 0 aromatic heterocycles. The Morgan fingerprint density at radius 3 is 2.17 bits per heavy atom. The molecule has 2 aliphatic heterocycles. The first-order valence-electron chi connectivity index (χ1n) is 14.3. The Hall–Kier alpha value is -4.14. The van der Waals surface area contributed by atoms with Crippen molar-refractivity contribution in [1.29, 1.82) is 0 Å². The summed E-state index contributed by atoms with van der Waals surface area (Å²) in [5, 5.41) is 9.52. The van der Waals surface area contributed by atoms with Gasteiger partial charge in [0.05, 0.1) is 35.6 Å².